The number of hydrogen-bond acceptors (Lipinski definition) is 4. The normalized spacial score (nSPS) is 16.0. The Bertz CT molecular complexity index is 1500. The molecule has 4 heteroatoms. The molecule has 0 bridgehead atoms. The predicted octanol–water partition coefficient (Wildman–Crippen LogP) is 14.3. The highest BCUT2D eigenvalue weighted by molar-refractivity contribution is 6.23. The average Bonchev–Trinajstić information content (AvgIpc) is 3.07. The van der Waals surface area contributed by atoms with Crippen LogP contribution in [0.5, 0.6) is 0 Å². The largest absolute Gasteiger partial charge is 0.501 e. The number of aliphatic hydroxyl groups is 1. The Kier molecular flexibility index (Phi) is 23.3. The van der Waals surface area contributed by atoms with Crippen LogP contribution in [0.4, 0.5) is 0 Å². The highest BCUT2D eigenvalue weighted by Gasteiger charge is 2.32. The third-order valence-electron chi connectivity index (χ3n) is 9.84. The molecule has 1 aliphatic rings. The number of hydrogen-bond donors (Lipinski definition) is 1. The molecule has 0 fully saturated rings. The Morgan fingerprint density at radius 2 is 0.769 bits per heavy atom. The number of ether oxygens (including phenoxy) is 1. The maximum absolute atomic E-state index is 12.6. The second-order valence-corrected chi connectivity index (χ2v) is 15.3. The van der Waals surface area contributed by atoms with Crippen molar-refractivity contribution in [3.63, 3.8) is 0 Å². The van der Waals surface area contributed by atoms with Crippen LogP contribution in [0, 0.1) is 0 Å². The number of methoxy groups -OCH3 is 1. The lowest BCUT2D eigenvalue weighted by atomic mass is 9.90. The molecule has 1 rings (SSSR count). The number of carbonyl (C=O) groups is 2. The second kappa shape index (κ2) is 26.2. The molecule has 0 aromatic carbocycles. The van der Waals surface area contributed by atoms with Crippen LogP contribution in [0.15, 0.2) is 116 Å². The third kappa shape index (κ3) is 19.8. The topological polar surface area (TPSA) is 63.6 Å². The minimum absolute atomic E-state index is 0.263. The van der Waals surface area contributed by atoms with E-state index in [0.717, 1.165) is 77.0 Å². The molecule has 1 aliphatic carbocycles. The van der Waals surface area contributed by atoms with E-state index in [1.807, 2.05) is 6.08 Å². The van der Waals surface area contributed by atoms with Crippen molar-refractivity contribution in [3.8, 4) is 0 Å². The summed E-state index contributed by atoms with van der Waals surface area (Å²) in [6.45, 7) is 21.5. The molecule has 0 amide bonds. The molecule has 0 saturated carbocycles. The molecule has 288 valence electrons. The van der Waals surface area contributed by atoms with Gasteiger partial charge in [0.25, 0.3) is 0 Å². The Labute approximate surface area is 318 Å². The Morgan fingerprint density at radius 3 is 1.06 bits per heavy atom. The van der Waals surface area contributed by atoms with Crippen molar-refractivity contribution < 1.29 is 19.4 Å². The van der Waals surface area contributed by atoms with Crippen molar-refractivity contribution in [1.82, 2.24) is 0 Å². The number of aliphatic hydroxyl groups excluding tert-OH is 1. The Morgan fingerprint density at radius 1 is 0.481 bits per heavy atom. The first-order valence-corrected chi connectivity index (χ1v) is 19.6. The minimum Gasteiger partial charge on any atom is -0.501 e. The fourth-order valence-corrected chi connectivity index (χ4v) is 6.12. The molecule has 52 heavy (non-hydrogen) atoms. The van der Waals surface area contributed by atoms with E-state index in [4.69, 9.17) is 4.74 Å². The lowest BCUT2D eigenvalue weighted by Gasteiger charge is -2.17. The van der Waals surface area contributed by atoms with E-state index >= 15 is 0 Å². The van der Waals surface area contributed by atoms with Crippen LogP contribution in [0.1, 0.15) is 166 Å². The molecule has 0 radical (unpaired) electrons. The van der Waals surface area contributed by atoms with Crippen molar-refractivity contribution in [3.05, 3.63) is 116 Å². The summed E-state index contributed by atoms with van der Waals surface area (Å²) in [5.74, 6) is -1.82. The van der Waals surface area contributed by atoms with Crippen LogP contribution < -0.4 is 0 Å². The molecule has 0 aromatic rings. The minimum atomic E-state index is -0.600. The van der Waals surface area contributed by atoms with Gasteiger partial charge in [-0.3, -0.25) is 9.59 Å². The van der Waals surface area contributed by atoms with E-state index in [1.54, 1.807) is 6.92 Å². The quantitative estimate of drug-likeness (QED) is 0.0799. The molecule has 0 aromatic heterocycles. The van der Waals surface area contributed by atoms with Gasteiger partial charge in [-0.1, -0.05) is 93.2 Å². The van der Waals surface area contributed by atoms with Gasteiger partial charge in [0.05, 0.1) is 7.11 Å². The first-order valence-electron chi connectivity index (χ1n) is 19.6. The molecule has 0 atom stereocenters. The molecular weight excluding hydrogens is 641 g/mol. The van der Waals surface area contributed by atoms with Crippen LogP contribution in [-0.4, -0.2) is 23.8 Å². The summed E-state index contributed by atoms with van der Waals surface area (Å²) in [6, 6.07) is 0. The summed E-state index contributed by atoms with van der Waals surface area (Å²) in [5, 5.41) is 9.92. The first kappa shape index (κ1) is 46.4. The van der Waals surface area contributed by atoms with E-state index in [0.29, 0.717) is 12.0 Å². The van der Waals surface area contributed by atoms with E-state index < -0.39 is 17.3 Å². The molecule has 4 nitrogen and oxygen atoms in total. The van der Waals surface area contributed by atoms with Crippen molar-refractivity contribution in [2.45, 2.75) is 166 Å². The molecule has 1 N–H and O–H groups in total. The molecule has 0 aliphatic heterocycles. The third-order valence-corrected chi connectivity index (χ3v) is 9.84. The zero-order valence-electron chi connectivity index (χ0n) is 34.9. The van der Waals surface area contributed by atoms with Gasteiger partial charge in [-0.15, -0.1) is 0 Å². The molecule has 0 heterocycles. The SMILES string of the molecule is COC1=C(O)C(=O)C(C)=C(CC=C(C)CCC=C(C)CCC=C(C)CCC=C(C)CCC=C(C)CCC=C(C)CCC=C(C)CCC=C(C)C)C1=O. The second-order valence-electron chi connectivity index (χ2n) is 15.3. The van der Waals surface area contributed by atoms with Gasteiger partial charge in [0.2, 0.25) is 23.1 Å². The number of Topliss-reactive ketones (excluding diaryl/α,β-unsaturated/α-hetero) is 2. The van der Waals surface area contributed by atoms with E-state index in [9.17, 15) is 14.7 Å². The molecular formula is C48H72O4. The van der Waals surface area contributed by atoms with Crippen molar-refractivity contribution >= 4 is 11.6 Å². The molecule has 0 unspecified atom stereocenters. The first-order chi connectivity index (χ1) is 24.7. The van der Waals surface area contributed by atoms with Crippen molar-refractivity contribution in [1.29, 1.82) is 0 Å². The van der Waals surface area contributed by atoms with Crippen LogP contribution in [-0.2, 0) is 14.3 Å². The van der Waals surface area contributed by atoms with Gasteiger partial charge in [0, 0.05) is 11.1 Å². The zero-order chi connectivity index (χ0) is 39.1. The van der Waals surface area contributed by atoms with Crippen molar-refractivity contribution in [2.24, 2.45) is 0 Å². The monoisotopic (exact) mass is 713 g/mol. The number of rotatable bonds is 24. The lowest BCUT2D eigenvalue weighted by molar-refractivity contribution is -0.120. The highest BCUT2D eigenvalue weighted by atomic mass is 16.5. The van der Waals surface area contributed by atoms with Gasteiger partial charge in [-0.25, -0.2) is 0 Å². The van der Waals surface area contributed by atoms with Gasteiger partial charge in [-0.05, 0) is 166 Å². The fourth-order valence-electron chi connectivity index (χ4n) is 6.12. The van der Waals surface area contributed by atoms with E-state index in [-0.39, 0.29) is 11.3 Å². The van der Waals surface area contributed by atoms with E-state index in [1.165, 1.54) is 64.5 Å². The Hall–Kier alpha value is -3.66. The average molecular weight is 713 g/mol. The van der Waals surface area contributed by atoms with Crippen LogP contribution in [0.2, 0.25) is 0 Å². The summed E-state index contributed by atoms with van der Waals surface area (Å²) in [7, 11) is 1.29. The van der Waals surface area contributed by atoms with Crippen molar-refractivity contribution in [2.75, 3.05) is 7.11 Å². The molecule has 0 saturated heterocycles. The summed E-state index contributed by atoms with van der Waals surface area (Å²) in [4.78, 5) is 24.9. The predicted molar refractivity (Wildman–Crippen MR) is 224 cm³/mol. The molecule has 0 spiro atoms. The smallest absolute Gasteiger partial charge is 0.228 e. The maximum atomic E-state index is 12.6. The summed E-state index contributed by atoms with van der Waals surface area (Å²) < 4.78 is 4.98. The highest BCUT2D eigenvalue weighted by Crippen LogP contribution is 2.27. The number of allylic oxidation sites excluding steroid dienone is 18. The van der Waals surface area contributed by atoms with Crippen LogP contribution >= 0.6 is 0 Å². The summed E-state index contributed by atoms with van der Waals surface area (Å²) in [5.41, 5.74) is 12.1. The Balaban J connectivity index is 2.32. The lowest BCUT2D eigenvalue weighted by Crippen LogP contribution is -2.23. The van der Waals surface area contributed by atoms with Gasteiger partial charge in [-0.2, -0.15) is 0 Å². The van der Waals surface area contributed by atoms with Gasteiger partial charge >= 0.3 is 0 Å². The van der Waals surface area contributed by atoms with E-state index in [2.05, 4.69) is 105 Å². The van der Waals surface area contributed by atoms with Crippen LogP contribution in [0.25, 0.3) is 0 Å². The maximum Gasteiger partial charge on any atom is 0.228 e. The number of carbonyl (C=O) groups excluding carboxylic acids is 2. The fraction of sp³-hybridized carbons (Fsp3) is 0.542. The number of ketones is 2. The zero-order valence-corrected chi connectivity index (χ0v) is 34.9. The summed E-state index contributed by atoms with van der Waals surface area (Å²) in [6.07, 6.45) is 34.5. The van der Waals surface area contributed by atoms with Gasteiger partial charge in [0.1, 0.15) is 0 Å². The summed E-state index contributed by atoms with van der Waals surface area (Å²) >= 11 is 0. The van der Waals surface area contributed by atoms with Crippen LogP contribution in [0.3, 0.4) is 0 Å². The van der Waals surface area contributed by atoms with Gasteiger partial charge < -0.3 is 9.84 Å². The van der Waals surface area contributed by atoms with Gasteiger partial charge in [0.15, 0.2) is 0 Å². The standard InChI is InChI=1S/C48H72O4/c1-35(2)19-12-20-36(3)21-13-22-37(4)23-14-24-38(5)25-15-26-39(6)27-16-28-40(7)29-17-30-41(8)31-18-32-42(9)33-34-44-43(10)45(49)47(51)48(52-11)46(44)50/h19,21,23,25,27,29,31,33,51H,12-18,20,22,24,26,28,30,32,34H2,1-11H3.